The van der Waals surface area contributed by atoms with Crippen molar-refractivity contribution in [2.45, 2.75) is 81.5 Å². The zero-order valence-corrected chi connectivity index (χ0v) is 80.7. The van der Waals surface area contributed by atoms with Crippen molar-refractivity contribution in [2.75, 3.05) is 263 Å². The van der Waals surface area contributed by atoms with E-state index in [-0.39, 0.29) is 183 Å². The number of nitrogen functional groups attached to an aromatic ring is 5. The second-order valence-corrected chi connectivity index (χ2v) is 46.5. The van der Waals surface area contributed by atoms with Crippen LogP contribution in [0.2, 0.25) is 0 Å². The number of hydrogen-bond acceptors (Lipinski definition) is 39. The SMILES string of the molecule is CC(C)N1CC(COP(=O)(N(C)C)N2CC(COP(=O)(N(C)C)N3CC(COP(=O)(N(C)C)N4CC(COP(=O)(N(C)C)N5CC(COP(=O)(N(C)C)N6CCN(C(=O)OCCOCCOCCO)CC6)OC(n6cnc7c(=O)[nH]c(N)nc76)C5)OC(n5cnc6c(=O)[nH]c(N)nc65)C4)OC(n4ccc(N)nc4=O)C3)OC(n3ccc(N)nc3=O)C2)OC(n2cnc3c(N)ncnc32)C1. The Morgan fingerprint density at radius 1 is 0.433 bits per heavy atom. The van der Waals surface area contributed by atoms with E-state index in [0.717, 1.165) is 4.57 Å². The van der Waals surface area contributed by atoms with Gasteiger partial charge in [-0.15, -0.1) is 0 Å². The molecule has 6 aliphatic heterocycles. The highest BCUT2D eigenvalue weighted by atomic mass is 31.2. The van der Waals surface area contributed by atoms with Crippen LogP contribution in [0.1, 0.15) is 45.0 Å². The third-order valence-corrected chi connectivity index (χ3v) is 35.8. The number of aliphatic hydroxyl groups is 1. The van der Waals surface area contributed by atoms with Gasteiger partial charge in [0.2, 0.25) is 11.9 Å². The molecule has 6 fully saturated rings. The number of nitrogens with two attached hydrogens (primary N) is 5. The minimum absolute atomic E-state index is 0.00307. The highest BCUT2D eigenvalue weighted by Gasteiger charge is 2.52. The van der Waals surface area contributed by atoms with Crippen LogP contribution in [0.5, 0.6) is 0 Å². The number of imidazole rings is 3. The Labute approximate surface area is 767 Å². The molecule has 6 aliphatic rings. The lowest BCUT2D eigenvalue weighted by atomic mass is 10.2. The normalized spacial score (nSPS) is 25.1. The lowest BCUT2D eigenvalue weighted by Gasteiger charge is -2.46. The van der Waals surface area contributed by atoms with Crippen LogP contribution in [-0.4, -0.2) is 417 Å². The van der Waals surface area contributed by atoms with Gasteiger partial charge >= 0.3 is 55.8 Å². The average Bonchev–Trinajstić information content (AvgIpc) is 0.939. The van der Waals surface area contributed by atoms with E-state index in [1.54, 1.807) is 43.8 Å². The molecule has 740 valence electrons. The van der Waals surface area contributed by atoms with Crippen LogP contribution in [0.3, 0.4) is 0 Å². The Bertz CT molecular complexity index is 5940. The summed E-state index contributed by atoms with van der Waals surface area (Å²) in [5.41, 5.74) is 28.0. The van der Waals surface area contributed by atoms with Gasteiger partial charge in [0, 0.05) is 83.9 Å². The Morgan fingerprint density at radius 3 is 1.15 bits per heavy atom. The molecule has 0 bridgehead atoms. The highest BCUT2D eigenvalue weighted by molar-refractivity contribution is 7.55. The molecule has 0 saturated carbocycles. The minimum atomic E-state index is -4.52. The van der Waals surface area contributed by atoms with E-state index in [1.807, 2.05) is 13.8 Å². The van der Waals surface area contributed by atoms with Crippen LogP contribution >= 0.6 is 38.4 Å². The summed E-state index contributed by atoms with van der Waals surface area (Å²) in [5, 5.41) is 8.95. The van der Waals surface area contributed by atoms with Gasteiger partial charge in [0.1, 0.15) is 48.8 Å². The number of nitrogens with zero attached hydrogens (tertiary/aromatic N) is 26. The van der Waals surface area contributed by atoms with Gasteiger partial charge in [-0.25, -0.2) is 86.0 Å². The fourth-order valence-corrected chi connectivity index (χ4v) is 26.1. The topological polar surface area (TPSA) is 652 Å². The Hall–Kier alpha value is -8.53. The molecule has 0 radical (unpaired) electrons. The molecule has 15 atom stereocenters. The standard InChI is InChI=1S/C72H118N33O24P5/c1-46(2)95-27-47(125-54(32-95)103-43-80-59-62(75)78-42-79-63(59)103)37-121-131(113,90(5)6)97-28-48(126-55(33-97)101-15-13-52(73)83-70(101)109)39-122-132(114,91(7)8)98-29-49(127-56(34-98)102-16-14-53(74)84-71(102)110)40-123-133(115,92(9)10)100-31-51(129-58(36-100)105-45-82-61-65(105)86-69(77)88-67(61)108)41-124-134(116,93(11)12)99-30-50(128-57(35-99)104-44-81-60-64(104)85-68(76)87-66(60)107)38-120-130(112,89(3)4)96-19-17-94(18-20-96)72(111)119-26-25-118-24-23-117-22-21-106/h13-16,42-51,54-58,106H,17-41H2,1-12H3,(H2,73,83,109)(H2,74,84,110)(H2,75,78,79)(H3,76,85,87,107)(H3,77,86,88,108). The number of hydrogen-bond donors (Lipinski definition) is 8. The summed E-state index contributed by atoms with van der Waals surface area (Å²) in [6, 6.07) is 2.78. The number of piperazine rings is 1. The first kappa shape index (κ1) is 101. The molecule has 57 nitrogen and oxygen atoms in total. The zero-order chi connectivity index (χ0) is 96.2. The lowest BCUT2D eigenvalue weighted by Crippen LogP contribution is -2.52. The number of carbonyl (C=O) groups is 1. The summed E-state index contributed by atoms with van der Waals surface area (Å²) in [7, 11) is -6.29. The van der Waals surface area contributed by atoms with Crippen molar-refractivity contribution in [3.8, 4) is 0 Å². The third kappa shape index (κ3) is 22.3. The second-order valence-electron chi connectivity index (χ2n) is 33.5. The number of fused-ring (bicyclic) bond motifs is 3. The van der Waals surface area contributed by atoms with Crippen molar-refractivity contribution >= 4 is 107 Å². The van der Waals surface area contributed by atoms with Crippen LogP contribution < -0.4 is 51.2 Å². The quantitative estimate of drug-likeness (QED) is 0.0172. The number of morpholine rings is 5. The van der Waals surface area contributed by atoms with E-state index in [9.17, 15) is 24.0 Å². The van der Waals surface area contributed by atoms with E-state index in [1.165, 1.54) is 146 Å². The van der Waals surface area contributed by atoms with Gasteiger partial charge in [0.25, 0.3) is 11.1 Å². The first-order valence-corrected chi connectivity index (χ1v) is 50.5. The number of aliphatic hydroxyl groups excluding tert-OH is 1. The van der Waals surface area contributed by atoms with Gasteiger partial charge in [-0.05, 0) is 96.5 Å². The van der Waals surface area contributed by atoms with Gasteiger partial charge in [-0.2, -0.15) is 19.9 Å². The molecule has 13 N–H and O–H groups in total. The molecule has 6 saturated heterocycles. The van der Waals surface area contributed by atoms with E-state index >= 15 is 22.8 Å². The highest BCUT2D eigenvalue weighted by Crippen LogP contribution is 2.61. The first-order valence-electron chi connectivity index (χ1n) is 42.9. The van der Waals surface area contributed by atoms with Crippen molar-refractivity contribution < 1.29 is 93.2 Å². The molecule has 8 aromatic heterocycles. The maximum atomic E-state index is 16.6. The summed E-state index contributed by atoms with van der Waals surface area (Å²) in [6.07, 6.45) is -3.58. The number of carbonyl (C=O) groups excluding carboxylic acids is 1. The van der Waals surface area contributed by atoms with E-state index in [2.05, 4.69) is 59.7 Å². The minimum Gasteiger partial charge on any atom is -0.447 e. The maximum Gasteiger partial charge on any atom is 0.409 e. The molecule has 14 rings (SSSR count). The average molecular weight is 1980 g/mol. The molecular formula is C72H118N33O24P5. The van der Waals surface area contributed by atoms with Crippen molar-refractivity contribution in [3.63, 3.8) is 0 Å². The summed E-state index contributed by atoms with van der Waals surface area (Å²) in [6.45, 7) is 1.38. The number of nitrogens with one attached hydrogen (secondary N) is 2. The van der Waals surface area contributed by atoms with Crippen LogP contribution in [0, 0.1) is 0 Å². The number of ether oxygens (including phenoxy) is 8. The molecule has 0 aromatic carbocycles. The number of rotatable bonds is 39. The van der Waals surface area contributed by atoms with Crippen molar-refractivity contribution in [1.82, 2.24) is 134 Å². The number of aromatic nitrogens is 16. The third-order valence-electron chi connectivity index (χ3n) is 23.0. The van der Waals surface area contributed by atoms with Crippen LogP contribution in [0.25, 0.3) is 33.5 Å². The first-order chi connectivity index (χ1) is 63.7. The van der Waals surface area contributed by atoms with Crippen molar-refractivity contribution in [2.24, 2.45) is 0 Å². The van der Waals surface area contributed by atoms with Gasteiger partial charge in [0.15, 0.2) is 46.2 Å². The predicted octanol–water partition coefficient (Wildman–Crippen LogP) is -0.866. The Morgan fingerprint density at radius 2 is 0.776 bits per heavy atom. The Balaban J connectivity index is 0.714. The molecule has 62 heteroatoms. The molecule has 134 heavy (non-hydrogen) atoms. The molecule has 0 aliphatic carbocycles. The molecule has 8 aromatic rings. The van der Waals surface area contributed by atoms with E-state index in [4.69, 9.17) is 94.3 Å². The molecule has 14 heterocycles. The fraction of sp³-hybridized carbons (Fsp3) is 0.667. The van der Waals surface area contributed by atoms with E-state index < -0.39 is 155 Å². The van der Waals surface area contributed by atoms with Crippen LogP contribution in [-0.2, 0) is 83.3 Å². The van der Waals surface area contributed by atoms with Crippen LogP contribution in [0.15, 0.2) is 69.0 Å². The number of H-pyrrole nitrogens is 2. The summed E-state index contributed by atoms with van der Waals surface area (Å²) < 4.78 is 185. The van der Waals surface area contributed by atoms with Gasteiger partial charge in [-0.3, -0.25) is 70.1 Å². The van der Waals surface area contributed by atoms with Gasteiger partial charge in [0.05, 0.1) is 142 Å². The number of anilines is 5. The second kappa shape index (κ2) is 42.8. The van der Waals surface area contributed by atoms with Gasteiger partial charge in [-0.1, -0.05) is 0 Å². The monoisotopic (exact) mass is 1980 g/mol. The summed E-state index contributed by atoms with van der Waals surface area (Å²) in [5.74, 6) is -0.538. The molecule has 1 amide bonds. The summed E-state index contributed by atoms with van der Waals surface area (Å²) >= 11 is 0. The Kier molecular flexibility index (Phi) is 32.4. The van der Waals surface area contributed by atoms with Crippen molar-refractivity contribution in [1.29, 1.82) is 0 Å². The predicted molar refractivity (Wildman–Crippen MR) is 483 cm³/mol. The molecule has 15 unspecified atom stereocenters. The van der Waals surface area contributed by atoms with Gasteiger partial charge < -0.3 is 99.2 Å². The number of aromatic amines is 2. The molecule has 0 spiro atoms. The maximum absolute atomic E-state index is 16.6. The largest absolute Gasteiger partial charge is 0.447 e. The lowest BCUT2D eigenvalue weighted by molar-refractivity contribution is -0.140. The fourth-order valence-electron chi connectivity index (χ4n) is 16.1. The summed E-state index contributed by atoms with van der Waals surface area (Å²) in [4.78, 5) is 115. The smallest absolute Gasteiger partial charge is 0.409 e. The van der Waals surface area contributed by atoms with Crippen LogP contribution in [0.4, 0.5) is 34.1 Å². The number of amides is 1. The van der Waals surface area contributed by atoms with Crippen molar-refractivity contribution in [3.05, 3.63) is 91.5 Å². The molecular weight excluding hydrogens is 1870 g/mol. The van der Waals surface area contributed by atoms with E-state index in [0.29, 0.717) is 24.3 Å². The zero-order valence-electron chi connectivity index (χ0n) is 76.2.